The quantitative estimate of drug-likeness (QED) is 0.821. The highest BCUT2D eigenvalue weighted by molar-refractivity contribution is 5.97. The van der Waals surface area contributed by atoms with Crippen LogP contribution in [0.3, 0.4) is 0 Å². The van der Waals surface area contributed by atoms with Crippen molar-refractivity contribution in [3.8, 4) is 0 Å². The molecular formula is C13H16N2O3. The first-order valence-electron chi connectivity index (χ1n) is 5.85. The summed E-state index contributed by atoms with van der Waals surface area (Å²) in [6.07, 6.45) is 0.799. The number of aromatic nitrogens is 1. The van der Waals surface area contributed by atoms with Gasteiger partial charge in [0.1, 0.15) is 5.52 Å². The highest BCUT2D eigenvalue weighted by Crippen LogP contribution is 2.16. The molecule has 1 N–H and O–H groups in total. The monoisotopic (exact) mass is 248 g/mol. The lowest BCUT2D eigenvalue weighted by molar-refractivity contribution is 0.0948. The molecule has 0 unspecified atom stereocenters. The Labute approximate surface area is 105 Å². The Morgan fingerprint density at radius 1 is 1.50 bits per heavy atom. The highest BCUT2D eigenvalue weighted by atomic mass is 16.5. The molecule has 18 heavy (non-hydrogen) atoms. The lowest BCUT2D eigenvalue weighted by Crippen LogP contribution is -2.25. The fourth-order valence-electron chi connectivity index (χ4n) is 1.70. The molecule has 96 valence electrons. The Hall–Kier alpha value is -1.88. The number of rotatable bonds is 5. The molecule has 1 amide bonds. The second-order valence-corrected chi connectivity index (χ2v) is 4.02. The van der Waals surface area contributed by atoms with Crippen LogP contribution in [0.15, 0.2) is 22.6 Å². The van der Waals surface area contributed by atoms with Crippen molar-refractivity contribution in [3.05, 3.63) is 29.7 Å². The van der Waals surface area contributed by atoms with Gasteiger partial charge in [-0.1, -0.05) is 0 Å². The van der Waals surface area contributed by atoms with Crippen molar-refractivity contribution in [2.24, 2.45) is 0 Å². The van der Waals surface area contributed by atoms with E-state index in [1.54, 1.807) is 32.2 Å². The van der Waals surface area contributed by atoms with Crippen molar-refractivity contribution < 1.29 is 13.9 Å². The zero-order valence-electron chi connectivity index (χ0n) is 10.5. The molecule has 0 saturated carbocycles. The molecule has 0 aliphatic heterocycles. The van der Waals surface area contributed by atoms with Gasteiger partial charge in [-0.15, -0.1) is 0 Å². The molecule has 0 spiro atoms. The number of nitrogens with one attached hydrogen (secondary N) is 1. The first-order chi connectivity index (χ1) is 8.70. The molecule has 1 heterocycles. The summed E-state index contributed by atoms with van der Waals surface area (Å²) in [7, 11) is 1.64. The molecule has 1 aromatic carbocycles. The van der Waals surface area contributed by atoms with Gasteiger partial charge in [0, 0.05) is 32.7 Å². The van der Waals surface area contributed by atoms with E-state index in [0.29, 0.717) is 35.7 Å². The van der Waals surface area contributed by atoms with E-state index in [-0.39, 0.29) is 5.91 Å². The maximum atomic E-state index is 11.8. The Bertz CT molecular complexity index is 548. The van der Waals surface area contributed by atoms with Gasteiger partial charge >= 0.3 is 0 Å². The Morgan fingerprint density at radius 2 is 2.33 bits per heavy atom. The number of carbonyl (C=O) groups is 1. The number of carbonyl (C=O) groups excluding carboxylic acids is 1. The third kappa shape index (κ3) is 2.87. The summed E-state index contributed by atoms with van der Waals surface area (Å²) in [5.74, 6) is 0.497. The number of hydrogen-bond donors (Lipinski definition) is 1. The van der Waals surface area contributed by atoms with E-state index in [4.69, 9.17) is 9.15 Å². The molecule has 5 nitrogen and oxygen atoms in total. The fraction of sp³-hybridized carbons (Fsp3) is 0.385. The number of oxazole rings is 1. The minimum absolute atomic E-state index is 0.103. The van der Waals surface area contributed by atoms with Crippen molar-refractivity contribution in [1.82, 2.24) is 10.3 Å². The van der Waals surface area contributed by atoms with Gasteiger partial charge in [0.05, 0.1) is 0 Å². The summed E-state index contributed by atoms with van der Waals surface area (Å²) in [6.45, 7) is 3.02. The van der Waals surface area contributed by atoms with Crippen LogP contribution in [0.4, 0.5) is 0 Å². The molecule has 0 saturated heterocycles. The standard InChI is InChI=1S/C13H16N2O3/c1-9-15-11-8-10(4-5-12(11)18-9)13(16)14-6-3-7-17-2/h4-5,8H,3,6-7H2,1-2H3,(H,14,16). The molecule has 2 rings (SSSR count). The number of amides is 1. The molecule has 1 aromatic heterocycles. The lowest BCUT2D eigenvalue weighted by Gasteiger charge is -2.04. The van der Waals surface area contributed by atoms with E-state index < -0.39 is 0 Å². The van der Waals surface area contributed by atoms with E-state index in [1.807, 2.05) is 0 Å². The predicted molar refractivity (Wildman–Crippen MR) is 67.6 cm³/mol. The first-order valence-corrected chi connectivity index (χ1v) is 5.85. The topological polar surface area (TPSA) is 64.4 Å². The van der Waals surface area contributed by atoms with E-state index in [2.05, 4.69) is 10.3 Å². The van der Waals surface area contributed by atoms with Crippen LogP contribution in [0, 0.1) is 6.92 Å². The van der Waals surface area contributed by atoms with Crippen molar-refractivity contribution in [1.29, 1.82) is 0 Å². The average Bonchev–Trinajstić information content (AvgIpc) is 2.73. The van der Waals surface area contributed by atoms with E-state index >= 15 is 0 Å². The molecule has 0 aliphatic carbocycles. The number of hydrogen-bond acceptors (Lipinski definition) is 4. The third-order valence-corrected chi connectivity index (χ3v) is 2.57. The number of benzene rings is 1. The van der Waals surface area contributed by atoms with Gasteiger partial charge < -0.3 is 14.5 Å². The first kappa shape index (κ1) is 12.6. The van der Waals surface area contributed by atoms with Gasteiger partial charge in [-0.3, -0.25) is 4.79 Å². The second kappa shape index (κ2) is 5.64. The number of ether oxygens (including phenoxy) is 1. The average molecular weight is 248 g/mol. The molecular weight excluding hydrogens is 232 g/mol. The maximum absolute atomic E-state index is 11.8. The zero-order valence-corrected chi connectivity index (χ0v) is 10.5. The minimum Gasteiger partial charge on any atom is -0.441 e. The van der Waals surface area contributed by atoms with Crippen LogP contribution in [0.25, 0.3) is 11.1 Å². The Kier molecular flexibility index (Phi) is 3.94. The molecule has 2 aromatic rings. The summed E-state index contributed by atoms with van der Waals surface area (Å²) >= 11 is 0. The van der Waals surface area contributed by atoms with Crippen molar-refractivity contribution in [3.63, 3.8) is 0 Å². The fourth-order valence-corrected chi connectivity index (χ4v) is 1.70. The molecule has 0 aliphatic rings. The van der Waals surface area contributed by atoms with E-state index in [0.717, 1.165) is 6.42 Å². The summed E-state index contributed by atoms with van der Waals surface area (Å²) in [6, 6.07) is 5.23. The normalized spacial score (nSPS) is 10.8. The minimum atomic E-state index is -0.103. The predicted octanol–water partition coefficient (Wildman–Crippen LogP) is 1.90. The second-order valence-electron chi connectivity index (χ2n) is 4.02. The largest absolute Gasteiger partial charge is 0.441 e. The van der Waals surface area contributed by atoms with Gasteiger partial charge in [0.2, 0.25) is 0 Å². The van der Waals surface area contributed by atoms with Crippen LogP contribution < -0.4 is 5.32 Å². The van der Waals surface area contributed by atoms with Gasteiger partial charge in [-0.25, -0.2) is 4.98 Å². The summed E-state index contributed by atoms with van der Waals surface area (Å²) < 4.78 is 10.3. The Morgan fingerprint density at radius 3 is 3.11 bits per heavy atom. The third-order valence-electron chi connectivity index (χ3n) is 2.57. The molecule has 5 heteroatoms. The van der Waals surface area contributed by atoms with Gasteiger partial charge in [-0.2, -0.15) is 0 Å². The summed E-state index contributed by atoms with van der Waals surface area (Å²) in [5, 5.41) is 2.83. The van der Waals surface area contributed by atoms with Crippen LogP contribution in [0.1, 0.15) is 22.7 Å². The molecule has 0 radical (unpaired) electrons. The smallest absolute Gasteiger partial charge is 0.251 e. The van der Waals surface area contributed by atoms with E-state index in [9.17, 15) is 4.79 Å². The molecule has 0 atom stereocenters. The SMILES string of the molecule is COCCCNC(=O)c1ccc2oc(C)nc2c1. The zero-order chi connectivity index (χ0) is 13.0. The van der Waals surface area contributed by atoms with Crippen molar-refractivity contribution in [2.75, 3.05) is 20.3 Å². The van der Waals surface area contributed by atoms with Crippen LogP contribution >= 0.6 is 0 Å². The van der Waals surface area contributed by atoms with E-state index in [1.165, 1.54) is 0 Å². The van der Waals surface area contributed by atoms with Crippen LogP contribution in [0.5, 0.6) is 0 Å². The summed E-state index contributed by atoms with van der Waals surface area (Å²) in [5.41, 5.74) is 1.99. The molecule has 0 fully saturated rings. The van der Waals surface area contributed by atoms with Gasteiger partial charge in [0.15, 0.2) is 11.5 Å². The number of methoxy groups -OCH3 is 1. The van der Waals surface area contributed by atoms with Gasteiger partial charge in [-0.05, 0) is 24.6 Å². The van der Waals surface area contributed by atoms with Gasteiger partial charge in [0.25, 0.3) is 5.91 Å². The van der Waals surface area contributed by atoms with Crippen LogP contribution in [-0.2, 0) is 4.74 Å². The van der Waals surface area contributed by atoms with Crippen molar-refractivity contribution in [2.45, 2.75) is 13.3 Å². The highest BCUT2D eigenvalue weighted by Gasteiger charge is 2.08. The molecule has 0 bridgehead atoms. The Balaban J connectivity index is 2.03. The number of fused-ring (bicyclic) bond motifs is 1. The van der Waals surface area contributed by atoms with Crippen LogP contribution in [0.2, 0.25) is 0 Å². The van der Waals surface area contributed by atoms with Crippen LogP contribution in [-0.4, -0.2) is 31.2 Å². The maximum Gasteiger partial charge on any atom is 0.251 e. The summed E-state index contributed by atoms with van der Waals surface area (Å²) in [4.78, 5) is 16.0. The number of aryl methyl sites for hydroxylation is 1. The van der Waals surface area contributed by atoms with Crippen molar-refractivity contribution >= 4 is 17.0 Å². The lowest BCUT2D eigenvalue weighted by atomic mass is 10.2. The number of nitrogens with zero attached hydrogens (tertiary/aromatic N) is 1.